The topological polar surface area (TPSA) is 64.9 Å². The van der Waals surface area contributed by atoms with Crippen molar-refractivity contribution in [1.29, 1.82) is 0 Å². The summed E-state index contributed by atoms with van der Waals surface area (Å²) in [5, 5.41) is 16.4. The van der Waals surface area contributed by atoms with Crippen LogP contribution < -0.4 is 5.32 Å². The largest absolute Gasteiger partial charge is 0.383 e. The summed E-state index contributed by atoms with van der Waals surface area (Å²) in [6, 6.07) is 0.525. The predicted octanol–water partition coefficient (Wildman–Crippen LogP) is 1.51. The number of methoxy groups -OCH3 is 1. The summed E-state index contributed by atoms with van der Waals surface area (Å²) in [5.74, 6) is 1.05. The third kappa shape index (κ3) is 4.74. The standard InChI is InChI=1S/C12H23N5OS/c1-18-9-8-13-7-4-10-19-12-14-15-16-17(12)11-5-2-3-6-11/h11,13H,2-10H2,1H3. The van der Waals surface area contributed by atoms with Gasteiger partial charge in [0, 0.05) is 19.4 Å². The lowest BCUT2D eigenvalue weighted by molar-refractivity contribution is 0.199. The molecule has 1 fully saturated rings. The highest BCUT2D eigenvalue weighted by Crippen LogP contribution is 2.31. The molecule has 1 aliphatic carbocycles. The summed E-state index contributed by atoms with van der Waals surface area (Å²) >= 11 is 1.76. The van der Waals surface area contributed by atoms with Crippen LogP contribution in [0.15, 0.2) is 5.16 Å². The van der Waals surface area contributed by atoms with Gasteiger partial charge in [0.2, 0.25) is 5.16 Å². The molecule has 19 heavy (non-hydrogen) atoms. The van der Waals surface area contributed by atoms with Crippen LogP contribution in [0.4, 0.5) is 0 Å². The number of rotatable bonds is 9. The van der Waals surface area contributed by atoms with Crippen molar-refractivity contribution in [3.05, 3.63) is 0 Å². The van der Waals surface area contributed by atoms with E-state index in [1.807, 2.05) is 4.68 Å². The van der Waals surface area contributed by atoms with E-state index in [4.69, 9.17) is 4.74 Å². The third-order valence-electron chi connectivity index (χ3n) is 3.35. The first-order chi connectivity index (χ1) is 9.42. The number of hydrogen-bond donors (Lipinski definition) is 1. The van der Waals surface area contributed by atoms with Crippen LogP contribution >= 0.6 is 11.8 Å². The van der Waals surface area contributed by atoms with Crippen LogP contribution in [0.3, 0.4) is 0 Å². The van der Waals surface area contributed by atoms with Crippen LogP contribution in [0.5, 0.6) is 0 Å². The molecule has 1 aromatic rings. The second-order valence-corrected chi connectivity index (χ2v) is 5.85. The zero-order valence-corrected chi connectivity index (χ0v) is 12.4. The monoisotopic (exact) mass is 285 g/mol. The summed E-state index contributed by atoms with van der Waals surface area (Å²) in [4.78, 5) is 0. The first-order valence-corrected chi connectivity index (χ1v) is 8.00. The fraction of sp³-hybridized carbons (Fsp3) is 0.917. The fourth-order valence-corrected chi connectivity index (χ4v) is 3.20. The second-order valence-electron chi connectivity index (χ2n) is 4.79. The SMILES string of the molecule is COCCNCCCSc1nnnn1C1CCCC1. The van der Waals surface area contributed by atoms with Crippen LogP contribution in [-0.4, -0.2) is 52.8 Å². The molecule has 0 saturated heterocycles. The van der Waals surface area contributed by atoms with E-state index >= 15 is 0 Å². The summed E-state index contributed by atoms with van der Waals surface area (Å²) in [5.41, 5.74) is 0. The summed E-state index contributed by atoms with van der Waals surface area (Å²) in [7, 11) is 1.72. The van der Waals surface area contributed by atoms with E-state index in [0.717, 1.165) is 37.0 Å². The van der Waals surface area contributed by atoms with E-state index in [2.05, 4.69) is 20.8 Å². The highest BCUT2D eigenvalue weighted by molar-refractivity contribution is 7.99. The zero-order chi connectivity index (χ0) is 13.3. The van der Waals surface area contributed by atoms with Gasteiger partial charge in [-0.15, -0.1) is 5.10 Å². The molecule has 0 aromatic carbocycles. The van der Waals surface area contributed by atoms with E-state index in [1.165, 1.54) is 25.7 Å². The van der Waals surface area contributed by atoms with Crippen LogP contribution in [0, 0.1) is 0 Å². The van der Waals surface area contributed by atoms with Crippen molar-refractivity contribution in [2.75, 3.05) is 32.6 Å². The number of nitrogens with zero attached hydrogens (tertiary/aromatic N) is 4. The Balaban J connectivity index is 1.64. The van der Waals surface area contributed by atoms with Gasteiger partial charge in [0.25, 0.3) is 0 Å². The molecule has 108 valence electrons. The van der Waals surface area contributed by atoms with Gasteiger partial charge >= 0.3 is 0 Å². The van der Waals surface area contributed by atoms with Crippen LogP contribution in [-0.2, 0) is 4.74 Å². The van der Waals surface area contributed by atoms with Crippen molar-refractivity contribution in [1.82, 2.24) is 25.5 Å². The first-order valence-electron chi connectivity index (χ1n) is 7.02. The first kappa shape index (κ1) is 14.7. The second kappa shape index (κ2) is 8.50. The van der Waals surface area contributed by atoms with E-state index in [1.54, 1.807) is 18.9 Å². The Labute approximate surface area is 118 Å². The van der Waals surface area contributed by atoms with Crippen LogP contribution in [0.25, 0.3) is 0 Å². The summed E-state index contributed by atoms with van der Waals surface area (Å²) in [6.07, 6.45) is 6.16. The number of thioether (sulfide) groups is 1. The minimum absolute atomic E-state index is 0.525. The molecule has 7 heteroatoms. The molecule has 0 bridgehead atoms. The molecule has 1 aromatic heterocycles. The van der Waals surface area contributed by atoms with Crippen molar-refractivity contribution < 1.29 is 4.74 Å². The Morgan fingerprint density at radius 1 is 1.37 bits per heavy atom. The highest BCUT2D eigenvalue weighted by Gasteiger charge is 2.21. The molecule has 1 saturated carbocycles. The maximum Gasteiger partial charge on any atom is 0.209 e. The molecule has 1 heterocycles. The lowest BCUT2D eigenvalue weighted by Crippen LogP contribution is -2.20. The van der Waals surface area contributed by atoms with Gasteiger partial charge in [-0.2, -0.15) is 0 Å². The number of nitrogens with one attached hydrogen (secondary N) is 1. The average molecular weight is 285 g/mol. The summed E-state index contributed by atoms with van der Waals surface area (Å²) in [6.45, 7) is 2.70. The highest BCUT2D eigenvalue weighted by atomic mass is 32.2. The van der Waals surface area contributed by atoms with Gasteiger partial charge in [-0.25, -0.2) is 4.68 Å². The van der Waals surface area contributed by atoms with E-state index in [-0.39, 0.29) is 0 Å². The van der Waals surface area contributed by atoms with Crippen molar-refractivity contribution in [2.24, 2.45) is 0 Å². The third-order valence-corrected chi connectivity index (χ3v) is 4.36. The number of hydrogen-bond acceptors (Lipinski definition) is 6. The van der Waals surface area contributed by atoms with Crippen LogP contribution in [0.1, 0.15) is 38.1 Å². The van der Waals surface area contributed by atoms with Gasteiger partial charge < -0.3 is 10.1 Å². The molecule has 1 N–H and O–H groups in total. The van der Waals surface area contributed by atoms with Crippen LogP contribution in [0.2, 0.25) is 0 Å². The van der Waals surface area contributed by atoms with Crippen molar-refractivity contribution >= 4 is 11.8 Å². The molecule has 0 aliphatic heterocycles. The Hall–Kier alpha value is -0.660. The van der Waals surface area contributed by atoms with E-state index in [9.17, 15) is 0 Å². The maximum atomic E-state index is 4.98. The molecule has 0 unspecified atom stereocenters. The number of ether oxygens (including phenoxy) is 1. The molecule has 0 radical (unpaired) electrons. The smallest absolute Gasteiger partial charge is 0.209 e. The van der Waals surface area contributed by atoms with Gasteiger partial charge in [-0.1, -0.05) is 24.6 Å². The minimum atomic E-state index is 0.525. The van der Waals surface area contributed by atoms with Gasteiger partial charge in [0.15, 0.2) is 0 Å². The van der Waals surface area contributed by atoms with Crippen molar-refractivity contribution in [3.63, 3.8) is 0 Å². The molecule has 0 atom stereocenters. The van der Waals surface area contributed by atoms with Gasteiger partial charge in [-0.3, -0.25) is 0 Å². The normalized spacial score (nSPS) is 16.3. The molecular formula is C12H23N5OS. The van der Waals surface area contributed by atoms with Gasteiger partial charge in [0.1, 0.15) is 0 Å². The van der Waals surface area contributed by atoms with Crippen molar-refractivity contribution in [2.45, 2.75) is 43.3 Å². The lowest BCUT2D eigenvalue weighted by Gasteiger charge is -2.10. The fourth-order valence-electron chi connectivity index (χ4n) is 2.32. The molecule has 0 spiro atoms. The zero-order valence-electron chi connectivity index (χ0n) is 11.5. The minimum Gasteiger partial charge on any atom is -0.383 e. The predicted molar refractivity (Wildman–Crippen MR) is 75.4 cm³/mol. The Kier molecular flexibility index (Phi) is 6.59. The Morgan fingerprint density at radius 3 is 3.00 bits per heavy atom. The molecule has 6 nitrogen and oxygen atoms in total. The molecule has 0 amide bonds. The molecule has 1 aliphatic rings. The Bertz CT molecular complexity index is 354. The van der Waals surface area contributed by atoms with E-state index in [0.29, 0.717) is 6.04 Å². The average Bonchev–Trinajstić information content (AvgIpc) is 3.08. The van der Waals surface area contributed by atoms with Crippen molar-refractivity contribution in [3.8, 4) is 0 Å². The summed E-state index contributed by atoms with van der Waals surface area (Å²) < 4.78 is 7.01. The number of tetrazole rings is 1. The molecule has 2 rings (SSSR count). The van der Waals surface area contributed by atoms with Gasteiger partial charge in [-0.05, 0) is 36.2 Å². The van der Waals surface area contributed by atoms with Gasteiger partial charge in [0.05, 0.1) is 12.6 Å². The lowest BCUT2D eigenvalue weighted by atomic mass is 10.3. The van der Waals surface area contributed by atoms with E-state index < -0.39 is 0 Å². The Morgan fingerprint density at radius 2 is 2.21 bits per heavy atom. The maximum absolute atomic E-state index is 4.98. The number of aromatic nitrogens is 4. The quantitative estimate of drug-likeness (QED) is 0.548. The molecular weight excluding hydrogens is 262 g/mol.